The lowest BCUT2D eigenvalue weighted by atomic mass is 9.81. The van der Waals surface area contributed by atoms with Gasteiger partial charge in [0.25, 0.3) is 5.91 Å². The van der Waals surface area contributed by atoms with Crippen LogP contribution in [0.2, 0.25) is 0 Å². The van der Waals surface area contributed by atoms with Crippen LogP contribution >= 0.6 is 0 Å². The van der Waals surface area contributed by atoms with Gasteiger partial charge < -0.3 is 10.3 Å². The number of hydrogen-bond donors (Lipinski definition) is 5. The summed E-state index contributed by atoms with van der Waals surface area (Å²) in [6.45, 7) is 6.58. The van der Waals surface area contributed by atoms with Gasteiger partial charge in [-0.05, 0) is 54.5 Å². The molecule has 2 aromatic rings. The van der Waals surface area contributed by atoms with Gasteiger partial charge in [-0.25, -0.2) is 10.1 Å². The van der Waals surface area contributed by atoms with Crippen LogP contribution in [0.1, 0.15) is 66.6 Å². The van der Waals surface area contributed by atoms with E-state index in [-0.39, 0.29) is 5.56 Å². The summed E-state index contributed by atoms with van der Waals surface area (Å²) in [6.07, 6.45) is 13.1. The summed E-state index contributed by atoms with van der Waals surface area (Å²) < 4.78 is 30.0. The topological polar surface area (TPSA) is 148 Å². The molecule has 210 valence electrons. The van der Waals surface area contributed by atoms with E-state index in [4.69, 9.17) is 11.6 Å². The second kappa shape index (κ2) is 12.0. The van der Waals surface area contributed by atoms with E-state index in [1.807, 2.05) is 31.2 Å². The first kappa shape index (κ1) is 28.9. The molecule has 1 saturated carbocycles. The summed E-state index contributed by atoms with van der Waals surface area (Å²) in [4.78, 5) is 13.0. The minimum atomic E-state index is -3.94. The molecule has 1 aliphatic carbocycles. The maximum atomic E-state index is 13.0. The largest absolute Gasteiger partial charge is 0.336 e. The van der Waals surface area contributed by atoms with Crippen LogP contribution in [0.15, 0.2) is 60.2 Å². The van der Waals surface area contributed by atoms with Crippen LogP contribution in [-0.4, -0.2) is 43.5 Å². The number of fused-ring (bicyclic) bond motifs is 3. The number of nitrogens with two attached hydrogens (primary N) is 2. The summed E-state index contributed by atoms with van der Waals surface area (Å²) in [5.74, 6) is 5.18. The molecule has 11 heteroatoms. The lowest BCUT2D eigenvalue weighted by Gasteiger charge is -2.24. The second-order valence-electron chi connectivity index (χ2n) is 10.2. The Morgan fingerprint density at radius 3 is 2.56 bits per heavy atom. The number of hydrogen-bond acceptors (Lipinski definition) is 7. The SMILES string of the molecule is C=CC1=C(/C=C\C)C=C(C(N)NNN)Cn2c1c(C1CCCCC1)c1ccc(C(=O)NS(=O)(=O)N(C)C)cc12. The first-order valence-electron chi connectivity index (χ1n) is 13.2. The summed E-state index contributed by atoms with van der Waals surface area (Å²) in [7, 11) is -1.20. The molecular weight excluding hydrogens is 514 g/mol. The number of carbonyl (C=O) groups excluding carboxylic acids is 1. The molecule has 1 atom stereocenters. The minimum Gasteiger partial charge on any atom is -0.336 e. The summed E-state index contributed by atoms with van der Waals surface area (Å²) in [6, 6.07) is 5.41. The van der Waals surface area contributed by atoms with Crippen molar-refractivity contribution in [2.24, 2.45) is 11.6 Å². The normalized spacial score (nSPS) is 17.8. The van der Waals surface area contributed by atoms with Gasteiger partial charge in [0, 0.05) is 42.7 Å². The zero-order valence-corrected chi connectivity index (χ0v) is 23.6. The molecule has 4 rings (SSSR count). The number of aromatic nitrogens is 1. The fourth-order valence-corrected chi connectivity index (χ4v) is 6.12. The van der Waals surface area contributed by atoms with E-state index >= 15 is 0 Å². The van der Waals surface area contributed by atoms with Crippen molar-refractivity contribution in [3.8, 4) is 0 Å². The molecule has 1 aliphatic heterocycles. The number of allylic oxidation sites excluding steroid dienone is 6. The summed E-state index contributed by atoms with van der Waals surface area (Å²) in [5, 5.41) is 1.04. The number of rotatable bonds is 9. The summed E-state index contributed by atoms with van der Waals surface area (Å²) >= 11 is 0. The first-order chi connectivity index (χ1) is 18.6. The molecule has 1 aromatic heterocycles. The molecule has 0 radical (unpaired) electrons. The van der Waals surface area contributed by atoms with Crippen molar-refractivity contribution in [3.05, 3.63) is 77.0 Å². The Bertz CT molecular complexity index is 1460. The molecule has 1 fully saturated rings. The number of nitrogens with zero attached hydrogens (tertiary/aromatic N) is 2. The van der Waals surface area contributed by atoms with Crippen molar-refractivity contribution >= 4 is 32.6 Å². The number of nitrogens with one attached hydrogen (secondary N) is 3. The lowest BCUT2D eigenvalue weighted by molar-refractivity contribution is 0.0980. The highest BCUT2D eigenvalue weighted by Gasteiger charge is 2.30. The van der Waals surface area contributed by atoms with Crippen molar-refractivity contribution in [1.29, 1.82) is 0 Å². The van der Waals surface area contributed by atoms with E-state index in [1.165, 1.54) is 26.1 Å². The third kappa shape index (κ3) is 5.79. The zero-order valence-electron chi connectivity index (χ0n) is 22.8. The van der Waals surface area contributed by atoms with Crippen LogP contribution < -0.4 is 27.3 Å². The van der Waals surface area contributed by atoms with Gasteiger partial charge in [-0.15, -0.1) is 0 Å². The minimum absolute atomic E-state index is 0.252. The van der Waals surface area contributed by atoms with Gasteiger partial charge in [-0.2, -0.15) is 18.3 Å². The number of carbonyl (C=O) groups is 1. The predicted octanol–water partition coefficient (Wildman–Crippen LogP) is 2.93. The Balaban J connectivity index is 2.00. The Morgan fingerprint density at radius 2 is 1.95 bits per heavy atom. The Morgan fingerprint density at radius 1 is 1.23 bits per heavy atom. The molecule has 0 spiro atoms. The van der Waals surface area contributed by atoms with Crippen LogP contribution in [0.3, 0.4) is 0 Å². The molecule has 1 amide bonds. The molecule has 39 heavy (non-hydrogen) atoms. The van der Waals surface area contributed by atoms with Crippen LogP contribution in [0.5, 0.6) is 0 Å². The van der Waals surface area contributed by atoms with Crippen LogP contribution in [-0.2, 0) is 16.8 Å². The molecular formula is C28H39N7O3S. The van der Waals surface area contributed by atoms with E-state index in [9.17, 15) is 13.2 Å². The quantitative estimate of drug-likeness (QED) is 0.182. The number of benzene rings is 1. The molecule has 7 N–H and O–H groups in total. The standard InChI is InChI=1S/C28H39N7O3S/c1-5-10-19-15-21(27(29)31-33-30)17-35-24-16-20(28(36)32-39(37,38)34(3)4)13-14-23(24)25(26(35)22(19)6-2)18-11-8-7-9-12-18/h5-6,10,13-16,18,27,31,33H,2,7-9,11-12,17,29-30H2,1,3-4H3,(H,32,36)/b10-5-. The van der Waals surface area contributed by atoms with E-state index in [0.29, 0.717) is 12.5 Å². The predicted molar refractivity (Wildman–Crippen MR) is 156 cm³/mol. The molecule has 2 aliphatic rings. The number of hydrazine groups is 2. The van der Waals surface area contributed by atoms with Gasteiger partial charge in [0.15, 0.2) is 0 Å². The smallest absolute Gasteiger partial charge is 0.303 e. The molecule has 0 saturated heterocycles. The molecule has 1 unspecified atom stereocenters. The summed E-state index contributed by atoms with van der Waals surface area (Å²) in [5.41, 5.74) is 18.0. The maximum Gasteiger partial charge on any atom is 0.303 e. The number of amides is 1. The van der Waals surface area contributed by atoms with Gasteiger partial charge in [-0.1, -0.05) is 56.2 Å². The molecule has 0 bridgehead atoms. The third-order valence-electron chi connectivity index (χ3n) is 7.52. The fourth-order valence-electron chi connectivity index (χ4n) is 5.59. The Labute approximate surface area is 230 Å². The van der Waals surface area contributed by atoms with Crippen LogP contribution in [0, 0.1) is 0 Å². The van der Waals surface area contributed by atoms with Gasteiger partial charge in [-0.3, -0.25) is 10.6 Å². The Hall–Kier alpha value is -3.06. The molecule has 2 heterocycles. The highest BCUT2D eigenvalue weighted by Crippen LogP contribution is 2.45. The monoisotopic (exact) mass is 553 g/mol. The van der Waals surface area contributed by atoms with Gasteiger partial charge in [0.2, 0.25) is 0 Å². The van der Waals surface area contributed by atoms with Gasteiger partial charge in [0.1, 0.15) is 0 Å². The Kier molecular flexibility index (Phi) is 8.90. The van der Waals surface area contributed by atoms with Crippen molar-refractivity contribution in [3.63, 3.8) is 0 Å². The average molecular weight is 554 g/mol. The van der Waals surface area contributed by atoms with Crippen molar-refractivity contribution in [2.45, 2.75) is 57.7 Å². The first-order valence-corrected chi connectivity index (χ1v) is 14.6. The maximum absolute atomic E-state index is 13.0. The average Bonchev–Trinajstić information content (AvgIpc) is 3.12. The fraction of sp³-hybridized carbons (Fsp3) is 0.393. The van der Waals surface area contributed by atoms with E-state index < -0.39 is 22.3 Å². The third-order valence-corrected chi connectivity index (χ3v) is 8.92. The highest BCUT2D eigenvalue weighted by atomic mass is 32.2. The lowest BCUT2D eigenvalue weighted by Crippen LogP contribution is -2.51. The van der Waals surface area contributed by atoms with Crippen molar-refractivity contribution in [1.82, 2.24) is 24.6 Å². The zero-order chi connectivity index (χ0) is 28.3. The van der Waals surface area contributed by atoms with Gasteiger partial charge in [0.05, 0.1) is 11.9 Å². The highest BCUT2D eigenvalue weighted by molar-refractivity contribution is 7.87. The van der Waals surface area contributed by atoms with Gasteiger partial charge >= 0.3 is 10.2 Å². The van der Waals surface area contributed by atoms with E-state index in [1.54, 1.807) is 12.1 Å². The van der Waals surface area contributed by atoms with Crippen molar-refractivity contribution < 1.29 is 13.2 Å². The van der Waals surface area contributed by atoms with E-state index in [2.05, 4.69) is 32.9 Å². The van der Waals surface area contributed by atoms with E-state index in [0.717, 1.165) is 63.3 Å². The van der Waals surface area contributed by atoms with Crippen LogP contribution in [0.4, 0.5) is 0 Å². The second-order valence-corrected chi connectivity index (χ2v) is 12.1. The molecule has 10 nitrogen and oxygen atoms in total. The molecule has 1 aromatic carbocycles. The van der Waals surface area contributed by atoms with Crippen molar-refractivity contribution in [2.75, 3.05) is 14.1 Å². The van der Waals surface area contributed by atoms with Crippen LogP contribution in [0.25, 0.3) is 16.5 Å².